The molecule has 0 spiro atoms. The van der Waals surface area contributed by atoms with Gasteiger partial charge < -0.3 is 0 Å². The van der Waals surface area contributed by atoms with Crippen LogP contribution < -0.4 is 0 Å². The van der Waals surface area contributed by atoms with E-state index >= 15 is 0 Å². The van der Waals surface area contributed by atoms with Gasteiger partial charge in [-0.3, -0.25) is 4.79 Å². The summed E-state index contributed by atoms with van der Waals surface area (Å²) in [6.45, 7) is 2.15. The molecule has 2 rings (SSSR count). The third-order valence-corrected chi connectivity index (χ3v) is 2.55. The molecule has 12 heavy (non-hydrogen) atoms. The Morgan fingerprint density at radius 3 is 3.00 bits per heavy atom. The lowest BCUT2D eigenvalue weighted by Gasteiger charge is -2.06. The molecule has 0 saturated heterocycles. The second kappa shape index (κ2) is 2.74. The summed E-state index contributed by atoms with van der Waals surface area (Å²) in [7, 11) is 0. The molecule has 62 valence electrons. The first-order valence-electron chi connectivity index (χ1n) is 4.36. The van der Waals surface area contributed by atoms with Crippen LogP contribution in [0.3, 0.4) is 0 Å². The summed E-state index contributed by atoms with van der Waals surface area (Å²) >= 11 is 0. The van der Waals surface area contributed by atoms with Gasteiger partial charge in [0.25, 0.3) is 0 Å². The third kappa shape index (κ3) is 1.15. The summed E-state index contributed by atoms with van der Waals surface area (Å²) in [4.78, 5) is 11.2. The minimum atomic E-state index is 0.367. The molecule has 0 amide bonds. The molecule has 0 aliphatic heterocycles. The van der Waals surface area contributed by atoms with E-state index in [0.29, 0.717) is 24.5 Å². The summed E-state index contributed by atoms with van der Waals surface area (Å²) in [6.07, 6.45) is 9.63. The zero-order valence-electron chi connectivity index (χ0n) is 7.21. The van der Waals surface area contributed by atoms with Gasteiger partial charge in [0.15, 0.2) is 0 Å². The molecule has 0 heterocycles. The van der Waals surface area contributed by atoms with Crippen LogP contribution in [0.15, 0.2) is 35.5 Å². The van der Waals surface area contributed by atoms with Crippen molar-refractivity contribution in [2.24, 2.45) is 5.92 Å². The van der Waals surface area contributed by atoms with Crippen molar-refractivity contribution < 1.29 is 4.79 Å². The summed E-state index contributed by atoms with van der Waals surface area (Å²) in [6, 6.07) is 0. The quantitative estimate of drug-likeness (QED) is 0.532. The molecule has 0 aromatic carbocycles. The van der Waals surface area contributed by atoms with Crippen molar-refractivity contribution in [3.8, 4) is 0 Å². The highest BCUT2D eigenvalue weighted by Crippen LogP contribution is 2.32. The monoisotopic (exact) mass is 160 g/mol. The van der Waals surface area contributed by atoms with E-state index in [4.69, 9.17) is 0 Å². The molecule has 1 heteroatoms. The predicted octanol–water partition coefficient (Wildman–Crippen LogP) is 2.41. The largest absolute Gasteiger partial charge is 0.299 e. The Bertz CT molecular complexity index is 305. The molecular weight excluding hydrogens is 148 g/mol. The third-order valence-electron chi connectivity index (χ3n) is 2.55. The van der Waals surface area contributed by atoms with Gasteiger partial charge in [-0.05, 0) is 11.5 Å². The van der Waals surface area contributed by atoms with E-state index in [0.717, 1.165) is 0 Å². The number of ketones is 1. The highest BCUT2D eigenvalue weighted by molar-refractivity contribution is 5.88. The fourth-order valence-electron chi connectivity index (χ4n) is 1.85. The lowest BCUT2D eigenvalue weighted by molar-refractivity contribution is -0.117. The lowest BCUT2D eigenvalue weighted by Crippen LogP contribution is -1.95. The Labute approximate surface area is 72.5 Å². The Balaban J connectivity index is 2.37. The first-order chi connectivity index (χ1) is 5.77. The highest BCUT2D eigenvalue weighted by Gasteiger charge is 2.23. The van der Waals surface area contributed by atoms with Crippen molar-refractivity contribution in [2.75, 3.05) is 0 Å². The molecule has 0 aromatic heterocycles. The van der Waals surface area contributed by atoms with Gasteiger partial charge in [-0.15, -0.1) is 0 Å². The Morgan fingerprint density at radius 1 is 1.33 bits per heavy atom. The van der Waals surface area contributed by atoms with Crippen molar-refractivity contribution in [1.82, 2.24) is 0 Å². The second-order valence-electron chi connectivity index (χ2n) is 3.48. The molecule has 1 unspecified atom stereocenters. The van der Waals surface area contributed by atoms with Crippen LogP contribution in [-0.2, 0) is 4.79 Å². The molecule has 0 fully saturated rings. The van der Waals surface area contributed by atoms with Crippen LogP contribution in [0.4, 0.5) is 0 Å². The van der Waals surface area contributed by atoms with Gasteiger partial charge in [-0.1, -0.05) is 36.8 Å². The van der Waals surface area contributed by atoms with Crippen LogP contribution in [0.25, 0.3) is 0 Å². The zero-order chi connectivity index (χ0) is 8.55. The van der Waals surface area contributed by atoms with Crippen LogP contribution in [0.5, 0.6) is 0 Å². The van der Waals surface area contributed by atoms with Gasteiger partial charge in [0.05, 0.1) is 0 Å². The fourth-order valence-corrected chi connectivity index (χ4v) is 1.85. The number of Topliss-reactive ketones (excluding diaryl/α,β-unsaturated/α-hetero) is 1. The first-order valence-corrected chi connectivity index (χ1v) is 4.36. The number of allylic oxidation sites excluding steroid dienone is 6. The molecular formula is C11H12O. The summed E-state index contributed by atoms with van der Waals surface area (Å²) in [5, 5.41) is 0. The number of hydrogen-bond acceptors (Lipinski definition) is 1. The van der Waals surface area contributed by atoms with Crippen LogP contribution in [-0.4, -0.2) is 5.78 Å². The first kappa shape index (κ1) is 7.53. The average molecular weight is 160 g/mol. The molecule has 0 N–H and O–H groups in total. The fraction of sp³-hybridized carbons (Fsp3) is 0.364. The molecule has 0 saturated carbocycles. The maximum absolute atomic E-state index is 11.2. The van der Waals surface area contributed by atoms with Crippen molar-refractivity contribution in [1.29, 1.82) is 0 Å². The van der Waals surface area contributed by atoms with Crippen molar-refractivity contribution in [3.63, 3.8) is 0 Å². The van der Waals surface area contributed by atoms with E-state index in [1.54, 1.807) is 0 Å². The van der Waals surface area contributed by atoms with Crippen molar-refractivity contribution in [3.05, 3.63) is 35.5 Å². The molecule has 0 radical (unpaired) electrons. The van der Waals surface area contributed by atoms with E-state index in [9.17, 15) is 4.79 Å². The standard InChI is InChI=1S/C11H12O/c1-8-4-2-3-5-9-6-10(12)7-11(8)9/h2-5,8H,6-7H2,1H3. The van der Waals surface area contributed by atoms with Crippen molar-refractivity contribution in [2.45, 2.75) is 19.8 Å². The van der Waals surface area contributed by atoms with E-state index in [-0.39, 0.29) is 0 Å². The van der Waals surface area contributed by atoms with Gasteiger partial charge >= 0.3 is 0 Å². The van der Waals surface area contributed by atoms with Crippen molar-refractivity contribution >= 4 is 5.78 Å². The summed E-state index contributed by atoms with van der Waals surface area (Å²) in [5.41, 5.74) is 2.57. The minimum absolute atomic E-state index is 0.367. The number of hydrogen-bond donors (Lipinski definition) is 0. The molecule has 2 aliphatic rings. The van der Waals surface area contributed by atoms with Gasteiger partial charge in [0.2, 0.25) is 0 Å². The zero-order valence-corrected chi connectivity index (χ0v) is 7.21. The maximum Gasteiger partial charge on any atom is 0.141 e. The molecule has 0 aromatic rings. The normalized spacial score (nSPS) is 27.8. The highest BCUT2D eigenvalue weighted by atomic mass is 16.1. The smallest absolute Gasteiger partial charge is 0.141 e. The van der Waals surface area contributed by atoms with E-state index in [1.807, 2.05) is 6.08 Å². The minimum Gasteiger partial charge on any atom is -0.299 e. The molecule has 1 nitrogen and oxygen atoms in total. The number of carbonyl (C=O) groups is 1. The second-order valence-corrected chi connectivity index (χ2v) is 3.48. The van der Waals surface area contributed by atoms with Crippen LogP contribution in [0.1, 0.15) is 19.8 Å². The Morgan fingerprint density at radius 2 is 2.17 bits per heavy atom. The van der Waals surface area contributed by atoms with Gasteiger partial charge in [-0.2, -0.15) is 0 Å². The number of rotatable bonds is 0. The van der Waals surface area contributed by atoms with E-state index in [1.165, 1.54) is 11.1 Å². The van der Waals surface area contributed by atoms with Gasteiger partial charge in [0, 0.05) is 12.8 Å². The molecule has 2 aliphatic carbocycles. The van der Waals surface area contributed by atoms with Crippen LogP contribution in [0, 0.1) is 5.92 Å². The molecule has 0 bridgehead atoms. The van der Waals surface area contributed by atoms with Crippen LogP contribution in [0.2, 0.25) is 0 Å². The van der Waals surface area contributed by atoms with E-state index in [2.05, 4.69) is 25.2 Å². The van der Waals surface area contributed by atoms with Gasteiger partial charge in [-0.25, -0.2) is 0 Å². The van der Waals surface area contributed by atoms with Gasteiger partial charge in [0.1, 0.15) is 5.78 Å². The maximum atomic E-state index is 11.2. The van der Waals surface area contributed by atoms with E-state index < -0.39 is 0 Å². The Hall–Kier alpha value is -1.11. The predicted molar refractivity (Wildman–Crippen MR) is 48.7 cm³/mol. The average Bonchev–Trinajstić information content (AvgIpc) is 2.33. The Kier molecular flexibility index (Phi) is 1.72. The van der Waals surface area contributed by atoms with Crippen LogP contribution >= 0.6 is 0 Å². The SMILES string of the molecule is CC1C=CC=CC2=C1CC(=O)C2. The summed E-state index contributed by atoms with van der Waals surface area (Å²) in [5.74, 6) is 0.813. The number of carbonyl (C=O) groups excluding carboxylic acids is 1. The molecule has 1 atom stereocenters. The summed E-state index contributed by atoms with van der Waals surface area (Å²) < 4.78 is 0. The lowest BCUT2D eigenvalue weighted by atomic mass is 9.98. The topological polar surface area (TPSA) is 17.1 Å².